The fourth-order valence-corrected chi connectivity index (χ4v) is 2.49. The van der Waals surface area contributed by atoms with Crippen molar-refractivity contribution in [1.29, 1.82) is 0 Å². The summed E-state index contributed by atoms with van der Waals surface area (Å²) in [4.78, 5) is 23.2. The van der Waals surface area contributed by atoms with Crippen LogP contribution in [0.2, 0.25) is 0 Å². The van der Waals surface area contributed by atoms with Gasteiger partial charge in [0.25, 0.3) is 0 Å². The maximum atomic E-state index is 11.8. The summed E-state index contributed by atoms with van der Waals surface area (Å²) in [6, 6.07) is 7.17. The zero-order valence-corrected chi connectivity index (χ0v) is 12.1. The third-order valence-electron chi connectivity index (χ3n) is 2.42. The highest BCUT2D eigenvalue weighted by Gasteiger charge is 2.30. The standard InChI is InChI=1S/C14H18O4S/c1-4-18-13(17)14(2,3)19-11-7-5-10(6-8-11)9-12(15)16/h5-8H,4,9H2,1-3H3,(H,15,16). The third kappa shape index (κ3) is 4.95. The molecule has 0 atom stereocenters. The second-order valence-corrected chi connectivity index (χ2v) is 6.24. The molecule has 0 unspecified atom stereocenters. The lowest BCUT2D eigenvalue weighted by Crippen LogP contribution is -2.29. The highest BCUT2D eigenvalue weighted by atomic mass is 32.2. The van der Waals surface area contributed by atoms with Gasteiger partial charge in [-0.1, -0.05) is 12.1 Å². The molecule has 0 aromatic heterocycles. The van der Waals surface area contributed by atoms with Crippen LogP contribution in [0.15, 0.2) is 29.2 Å². The first-order chi connectivity index (χ1) is 8.85. The zero-order valence-electron chi connectivity index (χ0n) is 11.3. The number of hydrogen-bond acceptors (Lipinski definition) is 4. The van der Waals surface area contributed by atoms with E-state index in [2.05, 4.69) is 0 Å². The predicted octanol–water partition coefficient (Wildman–Crippen LogP) is 2.75. The van der Waals surface area contributed by atoms with Crippen LogP contribution in [0.3, 0.4) is 0 Å². The van der Waals surface area contributed by atoms with Crippen LogP contribution in [0.4, 0.5) is 0 Å². The first kappa shape index (κ1) is 15.6. The Kier molecular flexibility index (Phi) is 5.42. The minimum Gasteiger partial charge on any atom is -0.481 e. The van der Waals surface area contributed by atoms with Gasteiger partial charge in [-0.2, -0.15) is 0 Å². The highest BCUT2D eigenvalue weighted by molar-refractivity contribution is 8.01. The predicted molar refractivity (Wildman–Crippen MR) is 74.4 cm³/mol. The van der Waals surface area contributed by atoms with Gasteiger partial charge >= 0.3 is 11.9 Å². The SMILES string of the molecule is CCOC(=O)C(C)(C)Sc1ccc(CC(=O)O)cc1. The molecule has 0 aliphatic heterocycles. The molecule has 4 nitrogen and oxygen atoms in total. The first-order valence-corrected chi connectivity index (χ1v) is 6.83. The van der Waals surface area contributed by atoms with Crippen molar-refractivity contribution in [3.05, 3.63) is 29.8 Å². The van der Waals surface area contributed by atoms with Crippen molar-refractivity contribution in [2.75, 3.05) is 6.61 Å². The fourth-order valence-electron chi connectivity index (χ4n) is 1.49. The van der Waals surface area contributed by atoms with Crippen molar-refractivity contribution >= 4 is 23.7 Å². The number of ether oxygens (including phenoxy) is 1. The Balaban J connectivity index is 2.71. The summed E-state index contributed by atoms with van der Waals surface area (Å²) in [5.41, 5.74) is 0.741. The van der Waals surface area contributed by atoms with Crippen molar-refractivity contribution in [2.45, 2.75) is 36.8 Å². The molecule has 1 aromatic carbocycles. The Morgan fingerprint density at radius 1 is 1.26 bits per heavy atom. The summed E-state index contributed by atoms with van der Waals surface area (Å²) < 4.78 is 4.36. The van der Waals surface area contributed by atoms with E-state index in [1.165, 1.54) is 11.8 Å². The van der Waals surface area contributed by atoms with Crippen molar-refractivity contribution in [3.8, 4) is 0 Å². The van der Waals surface area contributed by atoms with Crippen LogP contribution in [-0.4, -0.2) is 28.4 Å². The molecule has 0 aliphatic rings. The van der Waals surface area contributed by atoms with Crippen molar-refractivity contribution in [3.63, 3.8) is 0 Å². The van der Waals surface area contributed by atoms with Crippen LogP contribution in [0.25, 0.3) is 0 Å². The van der Waals surface area contributed by atoms with E-state index in [0.717, 1.165) is 10.5 Å². The van der Waals surface area contributed by atoms with Crippen molar-refractivity contribution in [2.24, 2.45) is 0 Å². The Hall–Kier alpha value is -1.49. The molecule has 1 rings (SSSR count). The second kappa shape index (κ2) is 6.61. The molecule has 0 heterocycles. The smallest absolute Gasteiger partial charge is 0.321 e. The number of carbonyl (C=O) groups excluding carboxylic acids is 1. The molecule has 0 amide bonds. The van der Waals surface area contributed by atoms with Gasteiger partial charge in [0.1, 0.15) is 4.75 Å². The van der Waals surface area contributed by atoms with E-state index in [1.807, 2.05) is 12.1 Å². The van der Waals surface area contributed by atoms with E-state index in [4.69, 9.17) is 9.84 Å². The highest BCUT2D eigenvalue weighted by Crippen LogP contribution is 2.33. The maximum Gasteiger partial charge on any atom is 0.321 e. The molecule has 0 saturated carbocycles. The Morgan fingerprint density at radius 3 is 2.32 bits per heavy atom. The number of thioether (sulfide) groups is 1. The number of rotatable bonds is 6. The lowest BCUT2D eigenvalue weighted by molar-refractivity contribution is -0.145. The summed E-state index contributed by atoms with van der Waals surface area (Å²) in [7, 11) is 0. The van der Waals surface area contributed by atoms with Gasteiger partial charge in [0.15, 0.2) is 0 Å². The van der Waals surface area contributed by atoms with E-state index in [0.29, 0.717) is 6.61 Å². The Morgan fingerprint density at radius 2 is 1.84 bits per heavy atom. The molecule has 0 aliphatic carbocycles. The number of benzene rings is 1. The molecular formula is C14H18O4S. The Bertz CT molecular complexity index is 451. The van der Waals surface area contributed by atoms with Gasteiger partial charge in [-0.25, -0.2) is 0 Å². The van der Waals surface area contributed by atoms with Crippen LogP contribution >= 0.6 is 11.8 Å². The Labute approximate surface area is 117 Å². The van der Waals surface area contributed by atoms with E-state index >= 15 is 0 Å². The lowest BCUT2D eigenvalue weighted by atomic mass is 10.2. The minimum atomic E-state index is -0.854. The van der Waals surface area contributed by atoms with Crippen molar-refractivity contribution < 1.29 is 19.4 Å². The molecule has 104 valence electrons. The summed E-state index contributed by atoms with van der Waals surface area (Å²) in [5.74, 6) is -1.11. The maximum absolute atomic E-state index is 11.8. The summed E-state index contributed by atoms with van der Waals surface area (Å²) >= 11 is 1.40. The number of carboxylic acids is 1. The van der Waals surface area contributed by atoms with Crippen LogP contribution < -0.4 is 0 Å². The zero-order chi connectivity index (χ0) is 14.5. The summed E-state index contributed by atoms with van der Waals surface area (Å²) in [6.45, 7) is 5.75. The van der Waals surface area contributed by atoms with Gasteiger partial charge < -0.3 is 9.84 Å². The minimum absolute atomic E-state index is 0.00617. The molecule has 0 fully saturated rings. The van der Waals surface area contributed by atoms with Crippen molar-refractivity contribution in [1.82, 2.24) is 0 Å². The van der Waals surface area contributed by atoms with Crippen LogP contribution in [0.5, 0.6) is 0 Å². The fraction of sp³-hybridized carbons (Fsp3) is 0.429. The van der Waals surface area contributed by atoms with Crippen LogP contribution in [0.1, 0.15) is 26.3 Å². The number of carboxylic acid groups (broad SMARTS) is 1. The molecule has 0 bridgehead atoms. The average molecular weight is 282 g/mol. The van der Waals surface area contributed by atoms with E-state index in [-0.39, 0.29) is 12.4 Å². The third-order valence-corrected chi connectivity index (χ3v) is 3.60. The summed E-state index contributed by atoms with van der Waals surface area (Å²) in [6.07, 6.45) is 0.00617. The molecule has 5 heteroatoms. The van der Waals surface area contributed by atoms with Gasteiger partial charge in [0.05, 0.1) is 13.0 Å². The summed E-state index contributed by atoms with van der Waals surface area (Å²) in [5, 5.41) is 8.69. The quantitative estimate of drug-likeness (QED) is 0.642. The largest absolute Gasteiger partial charge is 0.481 e. The average Bonchev–Trinajstić information content (AvgIpc) is 2.31. The topological polar surface area (TPSA) is 63.6 Å². The number of hydrogen-bond donors (Lipinski definition) is 1. The van der Waals surface area contributed by atoms with Gasteiger partial charge in [-0.3, -0.25) is 9.59 Å². The van der Waals surface area contributed by atoms with E-state index < -0.39 is 10.7 Å². The molecule has 0 spiro atoms. The van der Waals surface area contributed by atoms with Gasteiger partial charge in [0, 0.05) is 4.90 Å². The second-order valence-electron chi connectivity index (χ2n) is 4.55. The molecule has 1 N–H and O–H groups in total. The number of esters is 1. The number of carbonyl (C=O) groups is 2. The normalized spacial score (nSPS) is 11.1. The monoisotopic (exact) mass is 282 g/mol. The molecule has 0 radical (unpaired) electrons. The van der Waals surface area contributed by atoms with Gasteiger partial charge in [-0.15, -0.1) is 11.8 Å². The lowest BCUT2D eigenvalue weighted by Gasteiger charge is -2.21. The van der Waals surface area contributed by atoms with E-state index in [1.54, 1.807) is 32.9 Å². The molecular weight excluding hydrogens is 264 g/mol. The van der Waals surface area contributed by atoms with Crippen LogP contribution in [0, 0.1) is 0 Å². The molecule has 19 heavy (non-hydrogen) atoms. The number of aliphatic carboxylic acids is 1. The first-order valence-electron chi connectivity index (χ1n) is 6.02. The van der Waals surface area contributed by atoms with E-state index in [9.17, 15) is 9.59 Å². The molecule has 1 aromatic rings. The van der Waals surface area contributed by atoms with Gasteiger partial charge in [-0.05, 0) is 38.5 Å². The molecule has 0 saturated heterocycles. The van der Waals surface area contributed by atoms with Crippen LogP contribution in [-0.2, 0) is 20.7 Å². The van der Waals surface area contributed by atoms with Gasteiger partial charge in [0.2, 0.25) is 0 Å².